The van der Waals surface area contributed by atoms with Crippen molar-refractivity contribution < 1.29 is 14.6 Å². The molecule has 1 aromatic carbocycles. The van der Waals surface area contributed by atoms with Crippen LogP contribution in [0.4, 0.5) is 5.69 Å². The number of nitrogens with zero attached hydrogens (tertiary/aromatic N) is 1. The first-order valence-corrected chi connectivity index (χ1v) is 6.20. The summed E-state index contributed by atoms with van der Waals surface area (Å²) in [4.78, 5) is 14.9. The number of pyridine rings is 1. The van der Waals surface area contributed by atoms with Gasteiger partial charge < -0.3 is 15.2 Å². The highest BCUT2D eigenvalue weighted by molar-refractivity contribution is 5.92. The van der Waals surface area contributed by atoms with Crippen LogP contribution in [0.5, 0.6) is 5.75 Å². The number of fused-ring (bicyclic) bond motifs is 1. The van der Waals surface area contributed by atoms with Crippen molar-refractivity contribution in [2.45, 2.75) is 13.0 Å². The van der Waals surface area contributed by atoms with Gasteiger partial charge in [0.05, 0.1) is 18.3 Å². The molecule has 2 rings (SSSR count). The second-order valence-corrected chi connectivity index (χ2v) is 4.38. The Labute approximate surface area is 116 Å². The Hall–Kier alpha value is -2.56. The first-order chi connectivity index (χ1) is 9.60. The van der Waals surface area contributed by atoms with Crippen LogP contribution < -0.4 is 10.1 Å². The zero-order valence-electron chi connectivity index (χ0n) is 11.3. The van der Waals surface area contributed by atoms with Crippen molar-refractivity contribution in [2.24, 2.45) is 0 Å². The molecule has 20 heavy (non-hydrogen) atoms. The number of carbonyl (C=O) groups is 1. The monoisotopic (exact) mass is 272 g/mol. The normalized spacial score (nSPS) is 12.5. The lowest BCUT2D eigenvalue weighted by molar-refractivity contribution is -0.131. The lowest BCUT2D eigenvalue weighted by Gasteiger charge is -2.14. The van der Waals surface area contributed by atoms with Crippen LogP contribution in [0.3, 0.4) is 0 Å². The molecule has 0 saturated carbocycles. The highest BCUT2D eigenvalue weighted by Gasteiger charge is 2.07. The van der Waals surface area contributed by atoms with Crippen LogP contribution in [0.2, 0.25) is 0 Å². The summed E-state index contributed by atoms with van der Waals surface area (Å²) in [6.45, 7) is 1.87. The Morgan fingerprint density at radius 1 is 1.50 bits per heavy atom. The van der Waals surface area contributed by atoms with Gasteiger partial charge >= 0.3 is 5.97 Å². The lowest BCUT2D eigenvalue weighted by Crippen LogP contribution is -2.13. The molecule has 0 spiro atoms. The predicted octanol–water partition coefficient (Wildman–Crippen LogP) is 2.68. The molecule has 5 heteroatoms. The first kappa shape index (κ1) is 13.9. The number of carboxylic acids is 1. The zero-order valence-corrected chi connectivity index (χ0v) is 11.3. The van der Waals surface area contributed by atoms with Gasteiger partial charge in [-0.05, 0) is 19.1 Å². The fourth-order valence-corrected chi connectivity index (χ4v) is 1.91. The number of ether oxygens (including phenoxy) is 1. The van der Waals surface area contributed by atoms with Gasteiger partial charge in [-0.2, -0.15) is 0 Å². The second-order valence-electron chi connectivity index (χ2n) is 4.38. The summed E-state index contributed by atoms with van der Waals surface area (Å²) in [5, 5.41) is 12.8. The Balaban J connectivity index is 2.35. The predicted molar refractivity (Wildman–Crippen MR) is 78.2 cm³/mol. The summed E-state index contributed by atoms with van der Waals surface area (Å²) in [6, 6.07) is 7.43. The van der Waals surface area contributed by atoms with Crippen LogP contribution in [0, 0.1) is 0 Å². The van der Waals surface area contributed by atoms with Crippen molar-refractivity contribution in [3.63, 3.8) is 0 Å². The minimum absolute atomic E-state index is 0.136. The van der Waals surface area contributed by atoms with Gasteiger partial charge in [-0.3, -0.25) is 4.98 Å². The minimum atomic E-state index is -0.965. The molecule has 104 valence electrons. The second kappa shape index (κ2) is 6.06. The topological polar surface area (TPSA) is 71.5 Å². The van der Waals surface area contributed by atoms with Crippen LogP contribution >= 0.6 is 0 Å². The van der Waals surface area contributed by atoms with Gasteiger partial charge in [0.1, 0.15) is 5.75 Å². The summed E-state index contributed by atoms with van der Waals surface area (Å²) in [5.74, 6) is -0.241. The summed E-state index contributed by atoms with van der Waals surface area (Å²) < 4.78 is 5.26. The molecular weight excluding hydrogens is 256 g/mol. The van der Waals surface area contributed by atoms with Crippen LogP contribution in [0.15, 0.2) is 42.6 Å². The van der Waals surface area contributed by atoms with E-state index in [1.165, 1.54) is 0 Å². The maximum atomic E-state index is 10.5. The SMILES string of the molecule is COc1cc(NC(C)/C=C/C(=O)O)c2ncccc2c1. The van der Waals surface area contributed by atoms with Crippen molar-refractivity contribution >= 4 is 22.6 Å². The number of rotatable bonds is 5. The molecule has 0 radical (unpaired) electrons. The number of hydrogen-bond donors (Lipinski definition) is 2. The molecule has 1 heterocycles. The minimum Gasteiger partial charge on any atom is -0.497 e. The van der Waals surface area contributed by atoms with Crippen molar-refractivity contribution in [3.8, 4) is 5.75 Å². The van der Waals surface area contributed by atoms with Gasteiger partial charge in [0.25, 0.3) is 0 Å². The quantitative estimate of drug-likeness (QED) is 0.819. The Bertz CT molecular complexity index is 653. The fourth-order valence-electron chi connectivity index (χ4n) is 1.91. The standard InChI is InChI=1S/C15H16N2O3/c1-10(5-6-14(18)19)17-13-9-12(20-2)8-11-4-3-7-16-15(11)13/h3-10,17H,1-2H3,(H,18,19)/b6-5+. The van der Waals surface area contributed by atoms with E-state index < -0.39 is 5.97 Å². The van der Waals surface area contributed by atoms with E-state index in [1.54, 1.807) is 19.4 Å². The number of carboxylic acid groups (broad SMARTS) is 1. The van der Waals surface area contributed by atoms with E-state index in [0.29, 0.717) is 0 Å². The molecule has 2 N–H and O–H groups in total. The fraction of sp³-hybridized carbons (Fsp3) is 0.200. The van der Waals surface area contributed by atoms with Crippen molar-refractivity contribution in [2.75, 3.05) is 12.4 Å². The highest BCUT2D eigenvalue weighted by Crippen LogP contribution is 2.28. The molecule has 1 atom stereocenters. The maximum absolute atomic E-state index is 10.5. The van der Waals surface area contributed by atoms with Crippen LogP contribution in [0.25, 0.3) is 10.9 Å². The summed E-state index contributed by atoms with van der Waals surface area (Å²) in [6.07, 6.45) is 4.42. The van der Waals surface area contributed by atoms with E-state index in [4.69, 9.17) is 9.84 Å². The van der Waals surface area contributed by atoms with Crippen molar-refractivity contribution in [3.05, 3.63) is 42.6 Å². The number of methoxy groups -OCH3 is 1. The number of aromatic nitrogens is 1. The Morgan fingerprint density at radius 3 is 3.00 bits per heavy atom. The molecule has 0 saturated heterocycles. The van der Waals surface area contributed by atoms with E-state index in [-0.39, 0.29) is 6.04 Å². The molecule has 1 aromatic heterocycles. The summed E-state index contributed by atoms with van der Waals surface area (Å²) in [7, 11) is 1.61. The number of aliphatic carboxylic acids is 1. The lowest BCUT2D eigenvalue weighted by atomic mass is 10.1. The average Bonchev–Trinajstić information content (AvgIpc) is 2.45. The molecule has 5 nitrogen and oxygen atoms in total. The number of benzene rings is 1. The van der Waals surface area contributed by atoms with E-state index >= 15 is 0 Å². The van der Waals surface area contributed by atoms with Crippen LogP contribution in [-0.4, -0.2) is 29.2 Å². The van der Waals surface area contributed by atoms with Gasteiger partial charge in [-0.1, -0.05) is 12.1 Å². The molecule has 0 aliphatic carbocycles. The number of anilines is 1. The third-order valence-electron chi connectivity index (χ3n) is 2.82. The van der Waals surface area contributed by atoms with E-state index in [1.807, 2.05) is 31.2 Å². The summed E-state index contributed by atoms with van der Waals surface area (Å²) in [5.41, 5.74) is 1.63. The third kappa shape index (κ3) is 3.26. The molecule has 0 aliphatic rings. The average molecular weight is 272 g/mol. The van der Waals surface area contributed by atoms with E-state index in [2.05, 4.69) is 10.3 Å². The van der Waals surface area contributed by atoms with E-state index in [9.17, 15) is 4.79 Å². The Kier molecular flexibility index (Phi) is 4.20. The largest absolute Gasteiger partial charge is 0.497 e. The summed E-state index contributed by atoms with van der Waals surface area (Å²) >= 11 is 0. The molecule has 0 fully saturated rings. The zero-order chi connectivity index (χ0) is 14.5. The number of hydrogen-bond acceptors (Lipinski definition) is 4. The maximum Gasteiger partial charge on any atom is 0.328 e. The number of nitrogens with one attached hydrogen (secondary N) is 1. The molecular formula is C15H16N2O3. The van der Waals surface area contributed by atoms with Gasteiger partial charge in [0.15, 0.2) is 0 Å². The van der Waals surface area contributed by atoms with Gasteiger partial charge in [-0.15, -0.1) is 0 Å². The molecule has 1 unspecified atom stereocenters. The van der Waals surface area contributed by atoms with Gasteiger partial charge in [0.2, 0.25) is 0 Å². The smallest absolute Gasteiger partial charge is 0.328 e. The van der Waals surface area contributed by atoms with Crippen molar-refractivity contribution in [1.82, 2.24) is 4.98 Å². The van der Waals surface area contributed by atoms with Crippen LogP contribution in [-0.2, 0) is 4.79 Å². The van der Waals surface area contributed by atoms with Gasteiger partial charge in [0, 0.05) is 29.8 Å². The van der Waals surface area contributed by atoms with Gasteiger partial charge in [-0.25, -0.2) is 4.79 Å². The molecule has 0 aliphatic heterocycles. The van der Waals surface area contributed by atoms with Crippen molar-refractivity contribution in [1.29, 1.82) is 0 Å². The first-order valence-electron chi connectivity index (χ1n) is 6.20. The molecule has 2 aromatic rings. The third-order valence-corrected chi connectivity index (χ3v) is 2.82. The van der Waals surface area contributed by atoms with Crippen LogP contribution in [0.1, 0.15) is 6.92 Å². The molecule has 0 bridgehead atoms. The highest BCUT2D eigenvalue weighted by atomic mass is 16.5. The van der Waals surface area contributed by atoms with E-state index in [0.717, 1.165) is 28.4 Å². The Morgan fingerprint density at radius 2 is 2.30 bits per heavy atom. The molecule has 0 amide bonds.